The lowest BCUT2D eigenvalue weighted by atomic mass is 9.93. The quantitative estimate of drug-likeness (QED) is 0.701. The number of rotatable bonds is 8. The molecular formula is C15H22N2O3. The molecule has 0 aliphatic rings. The first kappa shape index (κ1) is 16.2. The van der Waals surface area contributed by atoms with E-state index in [0.29, 0.717) is 13.2 Å². The molecule has 3 N–H and O–H groups in total. The van der Waals surface area contributed by atoms with Crippen molar-refractivity contribution in [1.82, 2.24) is 5.32 Å². The lowest BCUT2D eigenvalue weighted by molar-refractivity contribution is -0.127. The van der Waals surface area contributed by atoms with Crippen LogP contribution < -0.4 is 11.1 Å². The highest BCUT2D eigenvalue weighted by Crippen LogP contribution is 2.11. The fourth-order valence-electron chi connectivity index (χ4n) is 1.42. The summed E-state index contributed by atoms with van der Waals surface area (Å²) in [6.45, 7) is 4.46. The van der Waals surface area contributed by atoms with Crippen LogP contribution in [0.4, 0.5) is 0 Å². The van der Waals surface area contributed by atoms with Crippen LogP contribution in [-0.2, 0) is 20.9 Å². The third kappa shape index (κ3) is 5.84. The second-order valence-corrected chi connectivity index (χ2v) is 5.31. The third-order valence-corrected chi connectivity index (χ3v) is 2.98. The van der Waals surface area contributed by atoms with E-state index in [-0.39, 0.29) is 18.9 Å². The molecule has 20 heavy (non-hydrogen) atoms. The summed E-state index contributed by atoms with van der Waals surface area (Å²) in [5, 5.41) is 2.68. The summed E-state index contributed by atoms with van der Waals surface area (Å²) in [4.78, 5) is 22.7. The standard InChI is InChI=1S/C15H22N2O3/c1-15(2,14(16)19)11-17-13(18)8-9-20-10-12-6-4-3-5-7-12/h3-7H,8-11H2,1-2H3,(H2,16,19)(H,17,18). The molecule has 1 rings (SSSR count). The molecule has 0 saturated heterocycles. The Kier molecular flexibility index (Phi) is 6.18. The van der Waals surface area contributed by atoms with E-state index in [1.807, 2.05) is 30.3 Å². The zero-order valence-corrected chi connectivity index (χ0v) is 12.0. The highest BCUT2D eigenvalue weighted by Gasteiger charge is 2.25. The summed E-state index contributed by atoms with van der Waals surface area (Å²) in [6.07, 6.45) is 0.266. The Morgan fingerprint density at radius 2 is 1.90 bits per heavy atom. The molecule has 1 aromatic carbocycles. The molecule has 110 valence electrons. The van der Waals surface area contributed by atoms with Gasteiger partial charge in [0.15, 0.2) is 0 Å². The molecule has 0 aliphatic heterocycles. The van der Waals surface area contributed by atoms with E-state index >= 15 is 0 Å². The normalized spacial score (nSPS) is 11.1. The van der Waals surface area contributed by atoms with Crippen molar-refractivity contribution >= 4 is 11.8 Å². The molecule has 1 aromatic rings. The van der Waals surface area contributed by atoms with E-state index in [1.54, 1.807) is 13.8 Å². The number of primary amides is 1. The largest absolute Gasteiger partial charge is 0.376 e. The molecule has 0 bridgehead atoms. The summed E-state index contributed by atoms with van der Waals surface area (Å²) in [7, 11) is 0. The highest BCUT2D eigenvalue weighted by atomic mass is 16.5. The van der Waals surface area contributed by atoms with Crippen molar-refractivity contribution in [2.45, 2.75) is 26.9 Å². The van der Waals surface area contributed by atoms with Gasteiger partial charge in [-0.3, -0.25) is 9.59 Å². The third-order valence-electron chi connectivity index (χ3n) is 2.98. The summed E-state index contributed by atoms with van der Waals surface area (Å²) in [5.41, 5.74) is 5.56. The molecule has 5 nitrogen and oxygen atoms in total. The van der Waals surface area contributed by atoms with Crippen LogP contribution in [0, 0.1) is 5.41 Å². The van der Waals surface area contributed by atoms with Crippen LogP contribution in [0.3, 0.4) is 0 Å². The van der Waals surface area contributed by atoms with Gasteiger partial charge in [0.25, 0.3) is 0 Å². The molecule has 0 saturated carbocycles. The van der Waals surface area contributed by atoms with Crippen molar-refractivity contribution in [3.63, 3.8) is 0 Å². The Balaban J connectivity index is 2.16. The molecule has 0 spiro atoms. The van der Waals surface area contributed by atoms with Crippen LogP contribution in [0.25, 0.3) is 0 Å². The topological polar surface area (TPSA) is 81.4 Å². The zero-order valence-electron chi connectivity index (χ0n) is 12.0. The monoisotopic (exact) mass is 278 g/mol. The lowest BCUT2D eigenvalue weighted by Crippen LogP contribution is -2.42. The van der Waals surface area contributed by atoms with Gasteiger partial charge in [-0.25, -0.2) is 0 Å². The van der Waals surface area contributed by atoms with Gasteiger partial charge in [-0.05, 0) is 19.4 Å². The smallest absolute Gasteiger partial charge is 0.224 e. The van der Waals surface area contributed by atoms with Crippen LogP contribution >= 0.6 is 0 Å². The Bertz CT molecular complexity index is 444. The second kappa shape index (κ2) is 7.65. The predicted molar refractivity (Wildman–Crippen MR) is 76.7 cm³/mol. The SMILES string of the molecule is CC(C)(CNC(=O)CCOCc1ccccc1)C(N)=O. The van der Waals surface area contributed by atoms with Gasteiger partial charge in [0.1, 0.15) is 0 Å². The minimum atomic E-state index is -0.736. The average molecular weight is 278 g/mol. The van der Waals surface area contributed by atoms with Gasteiger partial charge >= 0.3 is 0 Å². The van der Waals surface area contributed by atoms with Crippen LogP contribution in [0.2, 0.25) is 0 Å². The predicted octanol–water partition coefficient (Wildman–Crippen LogP) is 1.22. The number of ether oxygens (including phenoxy) is 1. The number of nitrogens with two attached hydrogens (primary N) is 1. The molecule has 0 aromatic heterocycles. The molecule has 0 radical (unpaired) electrons. The van der Waals surface area contributed by atoms with Crippen LogP contribution in [0.5, 0.6) is 0 Å². The maximum absolute atomic E-state index is 11.6. The molecular weight excluding hydrogens is 256 g/mol. The van der Waals surface area contributed by atoms with E-state index in [9.17, 15) is 9.59 Å². The first-order chi connectivity index (χ1) is 9.42. The first-order valence-electron chi connectivity index (χ1n) is 6.60. The Morgan fingerprint density at radius 3 is 2.50 bits per heavy atom. The maximum atomic E-state index is 11.6. The number of benzene rings is 1. The number of hydrogen-bond acceptors (Lipinski definition) is 3. The van der Waals surface area contributed by atoms with E-state index in [1.165, 1.54) is 0 Å². The Labute approximate surface area is 119 Å². The van der Waals surface area contributed by atoms with Crippen molar-refractivity contribution in [3.8, 4) is 0 Å². The Morgan fingerprint density at radius 1 is 1.25 bits per heavy atom. The van der Waals surface area contributed by atoms with Gasteiger partial charge in [-0.2, -0.15) is 0 Å². The van der Waals surface area contributed by atoms with Crippen molar-refractivity contribution < 1.29 is 14.3 Å². The molecule has 0 heterocycles. The minimum Gasteiger partial charge on any atom is -0.376 e. The van der Waals surface area contributed by atoms with Gasteiger partial charge in [0, 0.05) is 13.0 Å². The molecule has 0 unspecified atom stereocenters. The number of hydrogen-bond donors (Lipinski definition) is 2. The van der Waals surface area contributed by atoms with E-state index in [0.717, 1.165) is 5.56 Å². The number of nitrogens with one attached hydrogen (secondary N) is 1. The molecule has 0 atom stereocenters. The van der Waals surface area contributed by atoms with Crippen molar-refractivity contribution in [2.75, 3.05) is 13.2 Å². The fraction of sp³-hybridized carbons (Fsp3) is 0.467. The van der Waals surface area contributed by atoms with Crippen molar-refractivity contribution in [1.29, 1.82) is 0 Å². The van der Waals surface area contributed by atoms with E-state index < -0.39 is 11.3 Å². The first-order valence-corrected chi connectivity index (χ1v) is 6.60. The van der Waals surface area contributed by atoms with Crippen molar-refractivity contribution in [2.24, 2.45) is 11.1 Å². The fourth-order valence-corrected chi connectivity index (χ4v) is 1.42. The molecule has 5 heteroatoms. The highest BCUT2D eigenvalue weighted by molar-refractivity contribution is 5.82. The summed E-state index contributed by atoms with van der Waals surface area (Å²) < 4.78 is 5.42. The van der Waals surface area contributed by atoms with Crippen LogP contribution in [-0.4, -0.2) is 25.0 Å². The number of carbonyl (C=O) groups excluding carboxylic acids is 2. The van der Waals surface area contributed by atoms with Gasteiger partial charge in [0.05, 0.1) is 18.6 Å². The van der Waals surface area contributed by atoms with Gasteiger partial charge in [0.2, 0.25) is 11.8 Å². The second-order valence-electron chi connectivity index (χ2n) is 5.31. The van der Waals surface area contributed by atoms with Gasteiger partial charge in [-0.1, -0.05) is 30.3 Å². The zero-order chi connectivity index (χ0) is 15.0. The summed E-state index contributed by atoms with van der Waals surface area (Å²) in [5.74, 6) is -0.578. The summed E-state index contributed by atoms with van der Waals surface area (Å²) >= 11 is 0. The molecule has 2 amide bonds. The van der Waals surface area contributed by atoms with E-state index in [2.05, 4.69) is 5.32 Å². The maximum Gasteiger partial charge on any atom is 0.224 e. The van der Waals surface area contributed by atoms with Gasteiger partial charge in [-0.15, -0.1) is 0 Å². The number of amides is 2. The van der Waals surface area contributed by atoms with Crippen LogP contribution in [0.15, 0.2) is 30.3 Å². The van der Waals surface area contributed by atoms with Gasteiger partial charge < -0.3 is 15.8 Å². The van der Waals surface area contributed by atoms with Crippen molar-refractivity contribution in [3.05, 3.63) is 35.9 Å². The molecule has 0 fully saturated rings. The molecule has 0 aliphatic carbocycles. The van der Waals surface area contributed by atoms with E-state index in [4.69, 9.17) is 10.5 Å². The minimum absolute atomic E-state index is 0.146. The lowest BCUT2D eigenvalue weighted by Gasteiger charge is -2.20. The summed E-state index contributed by atoms with van der Waals surface area (Å²) in [6, 6.07) is 9.76. The number of carbonyl (C=O) groups is 2. The van der Waals surface area contributed by atoms with Crippen LogP contribution in [0.1, 0.15) is 25.8 Å². The average Bonchev–Trinajstić information content (AvgIpc) is 2.42. The Hall–Kier alpha value is -1.88.